The molecule has 0 fully saturated rings. The van der Waals surface area contributed by atoms with Gasteiger partial charge in [-0.3, -0.25) is 0 Å². The number of nitrogens with zero attached hydrogens (tertiary/aromatic N) is 2. The fourth-order valence-corrected chi connectivity index (χ4v) is 1.54. The van der Waals surface area contributed by atoms with Crippen molar-refractivity contribution in [2.75, 3.05) is 13.6 Å². The molecule has 7 heteroatoms. The van der Waals surface area contributed by atoms with Crippen molar-refractivity contribution in [3.8, 4) is 11.4 Å². The van der Waals surface area contributed by atoms with Crippen LogP contribution in [0, 0.1) is 0 Å². The normalized spacial score (nSPS) is 11.8. The van der Waals surface area contributed by atoms with E-state index in [-0.39, 0.29) is 11.4 Å². The van der Waals surface area contributed by atoms with Crippen LogP contribution in [0.25, 0.3) is 11.4 Å². The number of benzene rings is 1. The number of hydrogen-bond acceptors (Lipinski definition) is 4. The van der Waals surface area contributed by atoms with Gasteiger partial charge in [-0.25, -0.2) is 0 Å². The second-order valence-electron chi connectivity index (χ2n) is 3.94. The third kappa shape index (κ3) is 3.31. The van der Waals surface area contributed by atoms with E-state index >= 15 is 0 Å². The van der Waals surface area contributed by atoms with Gasteiger partial charge in [0.05, 0.1) is 5.56 Å². The summed E-state index contributed by atoms with van der Waals surface area (Å²) in [5, 5.41) is 6.60. The predicted octanol–water partition coefficient (Wildman–Crippen LogP) is 2.52. The van der Waals surface area contributed by atoms with Crippen LogP contribution in [0.15, 0.2) is 28.8 Å². The van der Waals surface area contributed by atoms with E-state index < -0.39 is 11.7 Å². The Morgan fingerprint density at radius 2 is 2.11 bits per heavy atom. The number of hydrogen-bond donors (Lipinski definition) is 1. The van der Waals surface area contributed by atoms with Crippen molar-refractivity contribution in [1.82, 2.24) is 15.5 Å². The molecule has 2 rings (SSSR count). The summed E-state index contributed by atoms with van der Waals surface area (Å²) < 4.78 is 42.7. The van der Waals surface area contributed by atoms with Crippen LogP contribution >= 0.6 is 0 Å². The summed E-state index contributed by atoms with van der Waals surface area (Å²) in [5.41, 5.74) is -0.444. The van der Waals surface area contributed by atoms with Crippen molar-refractivity contribution in [2.24, 2.45) is 0 Å². The summed E-state index contributed by atoms with van der Waals surface area (Å²) in [6.07, 6.45) is -3.85. The van der Waals surface area contributed by atoms with Crippen LogP contribution < -0.4 is 5.32 Å². The molecule has 0 saturated carbocycles. The molecule has 0 aliphatic carbocycles. The molecule has 0 aliphatic rings. The van der Waals surface area contributed by atoms with E-state index in [1.165, 1.54) is 12.1 Å². The monoisotopic (exact) mass is 271 g/mol. The Labute approximate surface area is 107 Å². The van der Waals surface area contributed by atoms with Crippen LogP contribution in [-0.2, 0) is 12.6 Å². The molecule has 1 aromatic carbocycles. The van der Waals surface area contributed by atoms with Crippen LogP contribution in [0.2, 0.25) is 0 Å². The van der Waals surface area contributed by atoms with Crippen LogP contribution in [0.4, 0.5) is 13.2 Å². The van der Waals surface area contributed by atoms with Crippen molar-refractivity contribution < 1.29 is 17.7 Å². The minimum absolute atomic E-state index is 0.164. The second-order valence-corrected chi connectivity index (χ2v) is 3.94. The Bertz CT molecular complexity index is 551. The van der Waals surface area contributed by atoms with Crippen LogP contribution in [0.1, 0.15) is 11.5 Å². The zero-order chi connectivity index (χ0) is 13.9. The number of halogens is 3. The molecule has 0 saturated heterocycles. The van der Waals surface area contributed by atoms with E-state index in [0.717, 1.165) is 12.1 Å². The van der Waals surface area contributed by atoms with Crippen molar-refractivity contribution in [1.29, 1.82) is 0 Å². The van der Waals surface area contributed by atoms with Gasteiger partial charge in [-0.05, 0) is 19.2 Å². The molecule has 0 bridgehead atoms. The minimum Gasteiger partial charge on any atom is -0.339 e. The number of nitrogens with one attached hydrogen (secondary N) is 1. The topological polar surface area (TPSA) is 51.0 Å². The molecule has 1 aromatic heterocycles. The van der Waals surface area contributed by atoms with E-state index in [1.807, 2.05) is 0 Å². The summed E-state index contributed by atoms with van der Waals surface area (Å²) in [6.45, 7) is 0.657. The number of likely N-dealkylation sites (N-methyl/N-ethyl adjacent to an activating group) is 1. The average Bonchev–Trinajstić information content (AvgIpc) is 2.84. The largest absolute Gasteiger partial charge is 0.416 e. The maximum absolute atomic E-state index is 12.6. The molecule has 0 atom stereocenters. The highest BCUT2D eigenvalue weighted by molar-refractivity contribution is 5.55. The fraction of sp³-hybridized carbons (Fsp3) is 0.333. The quantitative estimate of drug-likeness (QED) is 0.928. The van der Waals surface area contributed by atoms with E-state index in [0.29, 0.717) is 18.9 Å². The lowest BCUT2D eigenvalue weighted by atomic mass is 10.1. The van der Waals surface area contributed by atoms with Crippen molar-refractivity contribution in [3.05, 3.63) is 35.7 Å². The molecular formula is C12H12F3N3O. The summed E-state index contributed by atoms with van der Waals surface area (Å²) in [5.74, 6) is 0.555. The van der Waals surface area contributed by atoms with Gasteiger partial charge in [0.15, 0.2) is 0 Å². The first-order valence-corrected chi connectivity index (χ1v) is 5.65. The predicted molar refractivity (Wildman–Crippen MR) is 62.4 cm³/mol. The Morgan fingerprint density at radius 1 is 1.32 bits per heavy atom. The highest BCUT2D eigenvalue weighted by Gasteiger charge is 2.30. The first-order valence-electron chi connectivity index (χ1n) is 5.65. The van der Waals surface area contributed by atoms with Crippen molar-refractivity contribution >= 4 is 0 Å². The van der Waals surface area contributed by atoms with E-state index in [9.17, 15) is 13.2 Å². The van der Waals surface area contributed by atoms with E-state index in [1.54, 1.807) is 7.05 Å². The maximum atomic E-state index is 12.6. The van der Waals surface area contributed by atoms with Gasteiger partial charge in [0.2, 0.25) is 11.7 Å². The van der Waals surface area contributed by atoms with Crippen LogP contribution in [0.3, 0.4) is 0 Å². The summed E-state index contributed by atoms with van der Waals surface area (Å²) >= 11 is 0. The molecule has 0 aliphatic heterocycles. The lowest BCUT2D eigenvalue weighted by molar-refractivity contribution is -0.137. The molecule has 0 amide bonds. The summed E-state index contributed by atoms with van der Waals surface area (Å²) in [7, 11) is 1.78. The van der Waals surface area contributed by atoms with Gasteiger partial charge in [-0.1, -0.05) is 17.3 Å². The molecule has 102 valence electrons. The van der Waals surface area contributed by atoms with Gasteiger partial charge in [0.1, 0.15) is 0 Å². The third-order valence-corrected chi connectivity index (χ3v) is 2.51. The molecular weight excluding hydrogens is 259 g/mol. The molecule has 1 heterocycles. The molecule has 0 spiro atoms. The summed E-state index contributed by atoms with van der Waals surface area (Å²) in [4.78, 5) is 4.06. The highest BCUT2D eigenvalue weighted by Crippen LogP contribution is 2.31. The average molecular weight is 271 g/mol. The Balaban J connectivity index is 2.24. The van der Waals surface area contributed by atoms with Gasteiger partial charge in [-0.2, -0.15) is 18.2 Å². The van der Waals surface area contributed by atoms with Gasteiger partial charge in [0.25, 0.3) is 0 Å². The molecule has 0 unspecified atom stereocenters. The van der Waals surface area contributed by atoms with Crippen molar-refractivity contribution in [2.45, 2.75) is 12.6 Å². The molecule has 0 radical (unpaired) electrons. The van der Waals surface area contributed by atoms with Gasteiger partial charge in [0, 0.05) is 18.5 Å². The maximum Gasteiger partial charge on any atom is 0.416 e. The molecule has 2 aromatic rings. The highest BCUT2D eigenvalue weighted by atomic mass is 19.4. The Kier molecular flexibility index (Phi) is 3.84. The van der Waals surface area contributed by atoms with E-state index in [4.69, 9.17) is 4.52 Å². The number of rotatable bonds is 4. The first-order chi connectivity index (χ1) is 9.00. The molecule has 4 nitrogen and oxygen atoms in total. The number of aromatic nitrogens is 2. The van der Waals surface area contributed by atoms with Gasteiger partial charge in [-0.15, -0.1) is 0 Å². The summed E-state index contributed by atoms with van der Waals surface area (Å²) in [6, 6.07) is 4.85. The SMILES string of the molecule is CNCCc1nc(-c2cccc(C(F)(F)F)c2)no1. The first kappa shape index (κ1) is 13.5. The van der Waals surface area contributed by atoms with Crippen molar-refractivity contribution in [3.63, 3.8) is 0 Å². The van der Waals surface area contributed by atoms with Gasteiger partial charge >= 0.3 is 6.18 Å². The lowest BCUT2D eigenvalue weighted by Gasteiger charge is -2.06. The van der Waals surface area contributed by atoms with Crippen LogP contribution in [-0.4, -0.2) is 23.7 Å². The minimum atomic E-state index is -4.38. The lowest BCUT2D eigenvalue weighted by Crippen LogP contribution is -2.10. The smallest absolute Gasteiger partial charge is 0.339 e. The molecule has 1 N–H and O–H groups in total. The Hall–Kier alpha value is -1.89. The standard InChI is InChI=1S/C12H12F3N3O/c1-16-6-5-10-17-11(18-19-10)8-3-2-4-9(7-8)12(13,14)15/h2-4,7,16H,5-6H2,1H3. The zero-order valence-corrected chi connectivity index (χ0v) is 10.2. The Morgan fingerprint density at radius 3 is 2.79 bits per heavy atom. The fourth-order valence-electron chi connectivity index (χ4n) is 1.54. The second kappa shape index (κ2) is 5.40. The third-order valence-electron chi connectivity index (χ3n) is 2.51. The zero-order valence-electron chi connectivity index (χ0n) is 10.2. The number of alkyl halides is 3. The van der Waals surface area contributed by atoms with Gasteiger partial charge < -0.3 is 9.84 Å². The molecule has 19 heavy (non-hydrogen) atoms. The van der Waals surface area contributed by atoms with Crippen LogP contribution in [0.5, 0.6) is 0 Å². The van der Waals surface area contributed by atoms with E-state index in [2.05, 4.69) is 15.5 Å².